The van der Waals surface area contributed by atoms with E-state index in [0.717, 1.165) is 35.0 Å². The Kier molecular flexibility index (Phi) is 6.34. The lowest BCUT2D eigenvalue weighted by Crippen LogP contribution is -2.21. The van der Waals surface area contributed by atoms with Gasteiger partial charge in [-0.05, 0) is 30.5 Å². The van der Waals surface area contributed by atoms with Crippen molar-refractivity contribution in [3.63, 3.8) is 0 Å². The number of rotatable bonds is 6. The smallest absolute Gasteiger partial charge is 0.138 e. The molecule has 0 saturated heterocycles. The van der Waals surface area contributed by atoms with Crippen LogP contribution in [0.15, 0.2) is 21.8 Å². The minimum absolute atomic E-state index is 0.0722. The topological polar surface area (TPSA) is 51.0 Å². The van der Waals surface area contributed by atoms with Gasteiger partial charge in [-0.15, -0.1) is 0 Å². The largest absolute Gasteiger partial charge is 0.492 e. The van der Waals surface area contributed by atoms with E-state index in [0.29, 0.717) is 24.0 Å². The Morgan fingerprint density at radius 2 is 2.13 bits per heavy atom. The number of halogens is 2. The summed E-state index contributed by atoms with van der Waals surface area (Å²) >= 11 is 9.86. The van der Waals surface area contributed by atoms with Gasteiger partial charge in [-0.3, -0.25) is 0 Å². The number of hydrogen-bond acceptors (Lipinski definition) is 4. The summed E-state index contributed by atoms with van der Waals surface area (Å²) in [5.41, 5.74) is 1.76. The molecule has 1 unspecified atom stereocenters. The van der Waals surface area contributed by atoms with Gasteiger partial charge in [0.2, 0.25) is 0 Å². The molecule has 1 aromatic rings. The first-order valence-corrected chi connectivity index (χ1v) is 8.91. The Bertz CT molecular complexity index is 589. The second kappa shape index (κ2) is 7.86. The molecule has 1 fully saturated rings. The number of hydrogen-bond donors (Lipinski definition) is 1. The molecule has 1 aliphatic carbocycles. The van der Waals surface area contributed by atoms with Crippen molar-refractivity contribution < 1.29 is 14.7 Å². The third-order valence-electron chi connectivity index (χ3n) is 4.37. The lowest BCUT2D eigenvalue weighted by Gasteiger charge is -2.21. The molecule has 0 aromatic heterocycles. The van der Waals surface area contributed by atoms with Crippen molar-refractivity contribution in [2.75, 3.05) is 20.3 Å². The molecule has 1 atom stereocenters. The molecule has 1 N–H and O–H groups in total. The molecule has 6 heteroatoms. The molecule has 0 radical (unpaired) electrons. The molecule has 0 bridgehead atoms. The summed E-state index contributed by atoms with van der Waals surface area (Å²) < 4.78 is 11.7. The van der Waals surface area contributed by atoms with Crippen LogP contribution < -0.4 is 4.74 Å². The summed E-state index contributed by atoms with van der Waals surface area (Å²) in [4.78, 5) is 0. The zero-order valence-corrected chi connectivity index (χ0v) is 16.1. The molecule has 0 spiro atoms. The van der Waals surface area contributed by atoms with Crippen LogP contribution in [0, 0.1) is 5.41 Å². The first-order chi connectivity index (χ1) is 10.9. The molecule has 4 nitrogen and oxygen atoms in total. The number of ether oxygens (including phenoxy) is 2. The van der Waals surface area contributed by atoms with Crippen LogP contribution >= 0.6 is 27.5 Å². The van der Waals surface area contributed by atoms with Crippen LogP contribution in [0.25, 0.3) is 0 Å². The third-order valence-corrected chi connectivity index (χ3v) is 5.35. The number of nitrogens with zero attached hydrogens (tertiary/aromatic N) is 1. The first kappa shape index (κ1) is 18.6. The summed E-state index contributed by atoms with van der Waals surface area (Å²) in [6, 6.07) is 3.80. The van der Waals surface area contributed by atoms with E-state index in [1.54, 1.807) is 7.11 Å². The van der Waals surface area contributed by atoms with E-state index in [-0.39, 0.29) is 11.3 Å². The minimum Gasteiger partial charge on any atom is -0.492 e. The minimum atomic E-state index is -0.0992. The fourth-order valence-electron chi connectivity index (χ4n) is 3.06. The van der Waals surface area contributed by atoms with Gasteiger partial charge in [-0.1, -0.05) is 46.5 Å². The van der Waals surface area contributed by atoms with Crippen molar-refractivity contribution in [3.8, 4) is 5.75 Å². The maximum atomic E-state index is 9.45. The fraction of sp³-hybridized carbons (Fsp3) is 0.588. The van der Waals surface area contributed by atoms with E-state index in [1.165, 1.54) is 0 Å². The Balaban J connectivity index is 2.25. The van der Waals surface area contributed by atoms with Gasteiger partial charge in [0.1, 0.15) is 5.75 Å². The highest BCUT2D eigenvalue weighted by atomic mass is 79.9. The lowest BCUT2D eigenvalue weighted by molar-refractivity contribution is 0.172. The van der Waals surface area contributed by atoms with Gasteiger partial charge in [-0.25, -0.2) is 0 Å². The summed E-state index contributed by atoms with van der Waals surface area (Å²) in [5.74, 6) is 0.728. The van der Waals surface area contributed by atoms with Crippen LogP contribution in [0.4, 0.5) is 0 Å². The molecule has 1 saturated carbocycles. The van der Waals surface area contributed by atoms with E-state index < -0.39 is 0 Å². The van der Waals surface area contributed by atoms with E-state index in [1.807, 2.05) is 12.1 Å². The number of oxime groups is 1. The molecule has 0 aliphatic heterocycles. The highest BCUT2D eigenvalue weighted by molar-refractivity contribution is 9.10. The van der Waals surface area contributed by atoms with Crippen LogP contribution in [0.5, 0.6) is 5.75 Å². The monoisotopic (exact) mass is 403 g/mol. The van der Waals surface area contributed by atoms with Gasteiger partial charge in [0.05, 0.1) is 17.3 Å². The first-order valence-electron chi connectivity index (χ1n) is 7.74. The second-order valence-corrected chi connectivity index (χ2v) is 7.72. The SMILES string of the molecule is COCCCOc1cc(C2CCC(C)(C)C2=NO)c(Br)cc1Cl. The Morgan fingerprint density at radius 3 is 2.78 bits per heavy atom. The predicted octanol–water partition coefficient (Wildman–Crippen LogP) is 5.25. The van der Waals surface area contributed by atoms with Crippen molar-refractivity contribution in [1.82, 2.24) is 0 Å². The van der Waals surface area contributed by atoms with Gasteiger partial charge < -0.3 is 14.7 Å². The maximum absolute atomic E-state index is 9.45. The van der Waals surface area contributed by atoms with Crippen molar-refractivity contribution in [1.29, 1.82) is 0 Å². The van der Waals surface area contributed by atoms with Crippen LogP contribution in [-0.4, -0.2) is 31.2 Å². The van der Waals surface area contributed by atoms with Crippen molar-refractivity contribution in [2.24, 2.45) is 10.6 Å². The van der Waals surface area contributed by atoms with Crippen molar-refractivity contribution >= 4 is 33.2 Å². The summed E-state index contributed by atoms with van der Waals surface area (Å²) in [7, 11) is 1.67. The molecule has 0 amide bonds. The van der Waals surface area contributed by atoms with Gasteiger partial charge in [0, 0.05) is 35.9 Å². The fourth-order valence-corrected chi connectivity index (χ4v) is 4.03. The predicted molar refractivity (Wildman–Crippen MR) is 96.1 cm³/mol. The van der Waals surface area contributed by atoms with Crippen LogP contribution in [0.3, 0.4) is 0 Å². The molecule has 2 rings (SSSR count). The maximum Gasteiger partial charge on any atom is 0.138 e. The summed E-state index contributed by atoms with van der Waals surface area (Å²) in [5, 5.41) is 13.6. The average molecular weight is 405 g/mol. The second-order valence-electron chi connectivity index (χ2n) is 6.46. The Hall–Kier alpha value is -0.780. The number of benzene rings is 1. The molecule has 1 aliphatic rings. The molecule has 1 aromatic carbocycles. The van der Waals surface area contributed by atoms with Gasteiger partial charge in [0.15, 0.2) is 0 Å². The van der Waals surface area contributed by atoms with Gasteiger partial charge in [-0.2, -0.15) is 0 Å². The number of methoxy groups -OCH3 is 1. The molecule has 128 valence electrons. The molecule has 23 heavy (non-hydrogen) atoms. The summed E-state index contributed by atoms with van der Waals surface area (Å²) in [6.45, 7) is 5.41. The highest BCUT2D eigenvalue weighted by Crippen LogP contribution is 2.47. The van der Waals surface area contributed by atoms with E-state index in [9.17, 15) is 5.21 Å². The zero-order chi connectivity index (χ0) is 17.0. The highest BCUT2D eigenvalue weighted by Gasteiger charge is 2.40. The van der Waals surface area contributed by atoms with Crippen molar-refractivity contribution in [2.45, 2.75) is 39.0 Å². The molecular formula is C17H23BrClNO3. The quantitative estimate of drug-likeness (QED) is 0.400. The standard InChI is InChI=1S/C17H23BrClNO3/c1-17(2)6-5-11(16(17)20-21)12-9-15(14(19)10-13(12)18)23-8-4-7-22-3/h9-11,21H,4-8H2,1-3H3. The lowest BCUT2D eigenvalue weighted by atomic mass is 9.86. The van der Waals surface area contributed by atoms with E-state index in [2.05, 4.69) is 34.9 Å². The Morgan fingerprint density at radius 1 is 1.39 bits per heavy atom. The van der Waals surface area contributed by atoms with Crippen LogP contribution in [0.1, 0.15) is 44.6 Å². The van der Waals surface area contributed by atoms with Crippen molar-refractivity contribution in [3.05, 3.63) is 27.2 Å². The average Bonchev–Trinajstić information content (AvgIpc) is 2.80. The zero-order valence-electron chi connectivity index (χ0n) is 13.7. The van der Waals surface area contributed by atoms with Crippen LogP contribution in [0.2, 0.25) is 5.02 Å². The normalized spacial score (nSPS) is 21.8. The molecule has 0 heterocycles. The third kappa shape index (κ3) is 4.20. The summed E-state index contributed by atoms with van der Waals surface area (Å²) in [6.07, 6.45) is 2.73. The Labute approximate surface area is 150 Å². The van der Waals surface area contributed by atoms with E-state index in [4.69, 9.17) is 21.1 Å². The van der Waals surface area contributed by atoms with Gasteiger partial charge >= 0.3 is 0 Å². The van der Waals surface area contributed by atoms with Gasteiger partial charge in [0.25, 0.3) is 0 Å². The molecular weight excluding hydrogens is 382 g/mol. The van der Waals surface area contributed by atoms with E-state index >= 15 is 0 Å². The van der Waals surface area contributed by atoms with Crippen LogP contribution in [-0.2, 0) is 4.74 Å².